The molecule has 0 radical (unpaired) electrons. The third-order valence-electron chi connectivity index (χ3n) is 13.7. The molecule has 0 amide bonds. The van der Waals surface area contributed by atoms with E-state index in [-0.39, 0.29) is 11.1 Å². The molecule has 48 heavy (non-hydrogen) atoms. The highest BCUT2D eigenvalue weighted by Gasteiger charge is 2.57. The van der Waals surface area contributed by atoms with E-state index in [1.165, 1.54) is 100 Å². The molecular weight excluding hydrogens is 724 g/mol. The number of halogens is 2. The molecule has 0 unspecified atom stereocenters. The third-order valence-corrected chi connectivity index (χ3v) is 14.8. The van der Waals surface area contributed by atoms with Crippen LogP contribution in [-0.2, 0) is 23.9 Å². The summed E-state index contributed by atoms with van der Waals surface area (Å²) in [6, 6.07) is 17.6. The first kappa shape index (κ1) is 30.5. The van der Waals surface area contributed by atoms with E-state index in [9.17, 15) is 0 Å². The number of hydrogen-bond donors (Lipinski definition) is 0. The van der Waals surface area contributed by atoms with Crippen LogP contribution < -0.4 is 9.13 Å². The topological polar surface area (TPSA) is 43.4 Å². The Labute approximate surface area is 301 Å². The molecule has 8 fully saturated rings. The molecule has 0 N–H and O–H groups in total. The lowest BCUT2D eigenvalue weighted by Gasteiger charge is -2.54. The number of rotatable bonds is 9. The summed E-state index contributed by atoms with van der Waals surface area (Å²) in [5.74, 6) is 7.82. The van der Waals surface area contributed by atoms with Crippen LogP contribution in [0.15, 0.2) is 70.1 Å². The maximum atomic E-state index is 5.47. The minimum absolute atomic E-state index is 0.227. The molecule has 8 aliphatic rings. The van der Waals surface area contributed by atoms with Crippen molar-refractivity contribution in [3.63, 3.8) is 0 Å². The van der Waals surface area contributed by atoms with Gasteiger partial charge in [0.2, 0.25) is 12.7 Å². The average molecular weight is 773 g/mol. The summed E-state index contributed by atoms with van der Waals surface area (Å²) in [7, 11) is 0. The third kappa shape index (κ3) is 5.29. The van der Waals surface area contributed by atoms with Crippen LogP contribution in [0.25, 0.3) is 11.4 Å². The summed E-state index contributed by atoms with van der Waals surface area (Å²) >= 11 is 7.31. The number of nitrogens with zero attached hydrogens (tertiary/aromatic N) is 6. The lowest BCUT2D eigenvalue weighted by Crippen LogP contribution is -2.52. The Morgan fingerprint density at radius 3 is 1.15 bits per heavy atom. The Bertz CT molecular complexity index is 1620. The molecule has 2 aromatic carbocycles. The van der Waals surface area contributed by atoms with Crippen LogP contribution in [0.1, 0.15) is 102 Å². The Kier molecular flexibility index (Phi) is 7.38. The summed E-state index contributed by atoms with van der Waals surface area (Å²) in [4.78, 5) is 0. The predicted octanol–water partition coefficient (Wildman–Crippen LogP) is 8.57. The molecule has 12 rings (SSSR count). The van der Waals surface area contributed by atoms with Crippen molar-refractivity contribution in [1.82, 2.24) is 19.6 Å². The zero-order valence-corrected chi connectivity index (χ0v) is 31.2. The van der Waals surface area contributed by atoms with Gasteiger partial charge in [0.25, 0.3) is 11.6 Å². The Morgan fingerprint density at radius 2 is 0.833 bits per heavy atom. The molecular formula is C40H48Br2N6+2. The van der Waals surface area contributed by atoms with E-state index in [0.717, 1.165) is 70.1 Å². The second-order valence-corrected chi connectivity index (χ2v) is 19.0. The van der Waals surface area contributed by atoms with E-state index in [4.69, 9.17) is 10.2 Å². The number of aromatic nitrogens is 6. The molecule has 8 saturated carbocycles. The first-order valence-corrected chi connectivity index (χ1v) is 20.5. The van der Waals surface area contributed by atoms with Gasteiger partial charge >= 0.3 is 0 Å². The molecule has 4 aromatic rings. The van der Waals surface area contributed by atoms with Gasteiger partial charge in [0.15, 0.2) is 0 Å². The molecule has 250 valence electrons. The number of unbranched alkanes of at least 4 members (excludes halogenated alkanes) is 1. The van der Waals surface area contributed by atoms with Gasteiger partial charge in [-0.15, -0.1) is 9.36 Å². The van der Waals surface area contributed by atoms with Crippen LogP contribution in [0.2, 0.25) is 0 Å². The van der Waals surface area contributed by atoms with Gasteiger partial charge in [-0.25, -0.2) is 9.13 Å². The van der Waals surface area contributed by atoms with E-state index in [0.29, 0.717) is 0 Å². The van der Waals surface area contributed by atoms with Gasteiger partial charge in [0, 0.05) is 32.0 Å². The summed E-state index contributed by atoms with van der Waals surface area (Å²) < 4.78 is 11.9. The van der Waals surface area contributed by atoms with Crippen molar-refractivity contribution in [2.45, 2.75) is 114 Å². The van der Waals surface area contributed by atoms with E-state index in [1.807, 2.05) is 0 Å². The van der Waals surface area contributed by atoms with Gasteiger partial charge in [-0.3, -0.25) is 0 Å². The predicted molar refractivity (Wildman–Crippen MR) is 192 cm³/mol. The van der Waals surface area contributed by atoms with Crippen molar-refractivity contribution in [1.29, 1.82) is 0 Å². The van der Waals surface area contributed by atoms with E-state index >= 15 is 0 Å². The summed E-state index contributed by atoms with van der Waals surface area (Å²) in [5, 5.41) is 10.9. The SMILES string of the molecule is Brc1ccc(-[n+]2cn(C34CC5CC(CC(C5)C3)C4)nc2CCCCc2nn(C34CC5CC(CC(C5)C3)C4)c[n+]2-c2ccc(Br)cc2)cc1. The Balaban J connectivity index is 0.916. The molecule has 0 saturated heterocycles. The van der Waals surface area contributed by atoms with Crippen LogP contribution in [0, 0.1) is 35.5 Å². The zero-order valence-electron chi connectivity index (χ0n) is 28.0. The van der Waals surface area contributed by atoms with Gasteiger partial charge < -0.3 is 0 Å². The van der Waals surface area contributed by atoms with Gasteiger partial charge in [0.1, 0.15) is 22.5 Å². The molecule has 0 aliphatic heterocycles. The zero-order chi connectivity index (χ0) is 32.0. The highest BCUT2D eigenvalue weighted by atomic mass is 79.9. The molecule has 2 heterocycles. The van der Waals surface area contributed by atoms with Gasteiger partial charge in [-0.1, -0.05) is 31.9 Å². The largest absolute Gasteiger partial charge is 0.282 e. The molecule has 6 nitrogen and oxygen atoms in total. The fourth-order valence-electron chi connectivity index (χ4n) is 12.4. The van der Waals surface area contributed by atoms with Crippen molar-refractivity contribution in [2.24, 2.45) is 35.5 Å². The lowest BCUT2D eigenvalue weighted by atomic mass is 9.53. The minimum atomic E-state index is 0.227. The maximum Gasteiger partial charge on any atom is 0.282 e. The van der Waals surface area contributed by atoms with Crippen molar-refractivity contribution in [3.05, 3.63) is 81.8 Å². The second-order valence-electron chi connectivity index (χ2n) is 17.1. The summed E-state index contributed by atoms with van der Waals surface area (Å²) in [6.07, 6.45) is 25.5. The smallest absolute Gasteiger partial charge is 0.201 e. The number of aryl methyl sites for hydroxylation is 2. The molecule has 2 aromatic heterocycles. The van der Waals surface area contributed by atoms with Crippen molar-refractivity contribution in [2.75, 3.05) is 0 Å². The molecule has 8 bridgehead atoms. The molecule has 0 spiro atoms. The highest BCUT2D eigenvalue weighted by molar-refractivity contribution is 9.10. The second kappa shape index (κ2) is 11.6. The molecule has 0 atom stereocenters. The first-order chi connectivity index (χ1) is 23.4. The first-order valence-electron chi connectivity index (χ1n) is 18.9. The summed E-state index contributed by atoms with van der Waals surface area (Å²) in [6.45, 7) is 0. The van der Waals surface area contributed by atoms with E-state index in [1.54, 1.807) is 0 Å². The van der Waals surface area contributed by atoms with Gasteiger partial charge in [-0.05, 0) is 174 Å². The number of hydrogen-bond acceptors (Lipinski definition) is 2. The Hall–Kier alpha value is -2.32. The number of benzene rings is 2. The Morgan fingerprint density at radius 1 is 0.521 bits per heavy atom. The highest BCUT2D eigenvalue weighted by Crippen LogP contribution is 2.59. The van der Waals surface area contributed by atoms with Gasteiger partial charge in [0.05, 0.1) is 0 Å². The lowest BCUT2D eigenvalue weighted by molar-refractivity contribution is -0.606. The van der Waals surface area contributed by atoms with E-state index < -0.39 is 0 Å². The summed E-state index contributed by atoms with van der Waals surface area (Å²) in [5.41, 5.74) is 2.88. The van der Waals surface area contributed by atoms with Gasteiger partial charge in [-0.2, -0.15) is 0 Å². The fourth-order valence-corrected chi connectivity index (χ4v) is 13.0. The van der Waals surface area contributed by atoms with E-state index in [2.05, 4.69) is 112 Å². The average Bonchev–Trinajstić information content (AvgIpc) is 3.69. The van der Waals surface area contributed by atoms with Crippen LogP contribution in [0.4, 0.5) is 0 Å². The quantitative estimate of drug-likeness (QED) is 0.127. The van der Waals surface area contributed by atoms with Crippen LogP contribution in [0.5, 0.6) is 0 Å². The van der Waals surface area contributed by atoms with Crippen molar-refractivity contribution >= 4 is 31.9 Å². The van der Waals surface area contributed by atoms with Crippen LogP contribution in [-0.4, -0.2) is 19.6 Å². The minimum Gasteiger partial charge on any atom is -0.201 e. The van der Waals surface area contributed by atoms with Crippen molar-refractivity contribution < 1.29 is 9.13 Å². The maximum absolute atomic E-state index is 5.47. The monoisotopic (exact) mass is 770 g/mol. The van der Waals surface area contributed by atoms with Crippen LogP contribution >= 0.6 is 31.9 Å². The van der Waals surface area contributed by atoms with Crippen molar-refractivity contribution in [3.8, 4) is 11.4 Å². The fraction of sp³-hybridized carbons (Fsp3) is 0.600. The molecule has 8 heteroatoms. The standard InChI is InChI=1S/C40H48Br2N6/c41-33-5-9-35(10-6-33)45-25-47(39-19-27-13-28(20-39)15-29(14-27)21-39)43-37(45)3-1-2-4-38-44-48(26-46(38)36-11-7-34(42)8-12-36)40-22-30-16-31(23-40)18-32(17-30)24-40/h5-12,25-32H,1-4,13-24H2/q+2. The molecule has 8 aliphatic carbocycles. The normalized spacial score (nSPS) is 34.4. The van der Waals surface area contributed by atoms with Crippen LogP contribution in [0.3, 0.4) is 0 Å².